The lowest BCUT2D eigenvalue weighted by atomic mass is 10.2. The lowest BCUT2D eigenvalue weighted by molar-refractivity contribution is -0.0700. The van der Waals surface area contributed by atoms with Crippen molar-refractivity contribution in [2.75, 3.05) is 12.9 Å². The first-order valence-corrected chi connectivity index (χ1v) is 7.57. The van der Waals surface area contributed by atoms with Gasteiger partial charge in [0.1, 0.15) is 0 Å². The summed E-state index contributed by atoms with van der Waals surface area (Å²) < 4.78 is 67.6. The molecule has 0 aromatic heterocycles. The van der Waals surface area contributed by atoms with Gasteiger partial charge in [0.05, 0.1) is 19.5 Å². The Labute approximate surface area is 121 Å². The van der Waals surface area contributed by atoms with Crippen molar-refractivity contribution in [2.24, 2.45) is 0 Å². The Balaban J connectivity index is 2.62. The molecular formula is C13H13F3O4S. The molecule has 0 N–H and O–H groups in total. The van der Waals surface area contributed by atoms with E-state index in [1.807, 2.05) is 0 Å². The number of hydrogen-bond acceptors (Lipinski definition) is 4. The molecule has 0 aliphatic heterocycles. The summed E-state index contributed by atoms with van der Waals surface area (Å²) in [7, 11) is -3.94. The Bertz CT molecular complexity index is 600. The molecule has 1 aromatic carbocycles. The van der Waals surface area contributed by atoms with E-state index < -0.39 is 29.0 Å². The minimum atomic E-state index is -4.72. The molecule has 116 valence electrons. The number of rotatable bonds is 6. The minimum absolute atomic E-state index is 0.109. The Hall–Kier alpha value is -1.56. The van der Waals surface area contributed by atoms with Crippen molar-refractivity contribution in [3.05, 3.63) is 35.9 Å². The van der Waals surface area contributed by atoms with Gasteiger partial charge < -0.3 is 4.74 Å². The number of alkyl halides is 3. The highest BCUT2D eigenvalue weighted by atomic mass is 32.2. The fourth-order valence-corrected chi connectivity index (χ4v) is 1.85. The molecule has 21 heavy (non-hydrogen) atoms. The van der Waals surface area contributed by atoms with Gasteiger partial charge in [-0.25, -0.2) is 0 Å². The van der Waals surface area contributed by atoms with E-state index in [4.69, 9.17) is 4.74 Å². The largest absolute Gasteiger partial charge is 0.457 e. The normalized spacial score (nSPS) is 13.3. The summed E-state index contributed by atoms with van der Waals surface area (Å²) >= 11 is 0. The number of ether oxygens (including phenoxy) is 1. The molecule has 1 aromatic rings. The van der Waals surface area contributed by atoms with Crippen LogP contribution in [0, 0.1) is 11.8 Å². The first kappa shape index (κ1) is 17.5. The topological polar surface area (TPSA) is 52.6 Å². The smallest absolute Gasteiger partial charge is 0.373 e. The molecule has 0 amide bonds. The third-order valence-corrected chi connectivity index (χ3v) is 2.63. The lowest BCUT2D eigenvalue weighted by Crippen LogP contribution is -2.22. The van der Waals surface area contributed by atoms with Crippen molar-refractivity contribution >= 4 is 10.1 Å². The Kier molecular flexibility index (Phi) is 6.20. The van der Waals surface area contributed by atoms with Gasteiger partial charge in [-0.05, 0) is 5.56 Å². The van der Waals surface area contributed by atoms with E-state index in [-0.39, 0.29) is 6.61 Å². The van der Waals surface area contributed by atoms with E-state index in [0.29, 0.717) is 0 Å². The second kappa shape index (κ2) is 7.45. The van der Waals surface area contributed by atoms with E-state index in [0.717, 1.165) is 17.7 Å². The Morgan fingerprint density at radius 1 is 1.24 bits per heavy atom. The number of halogens is 3. The highest BCUT2D eigenvalue weighted by Gasteiger charge is 2.24. The number of benzene rings is 1. The fourth-order valence-electron chi connectivity index (χ4n) is 1.32. The van der Waals surface area contributed by atoms with Crippen molar-refractivity contribution < 1.29 is 30.5 Å². The van der Waals surface area contributed by atoms with E-state index >= 15 is 0 Å². The van der Waals surface area contributed by atoms with Crippen LogP contribution in [0.1, 0.15) is 5.56 Å². The summed E-state index contributed by atoms with van der Waals surface area (Å²) in [5.74, 6) is 2.67. The van der Waals surface area contributed by atoms with Gasteiger partial charge in [0.15, 0.2) is 6.10 Å². The third kappa shape index (κ3) is 9.07. The van der Waals surface area contributed by atoms with Gasteiger partial charge in [0.25, 0.3) is 10.1 Å². The highest BCUT2D eigenvalue weighted by molar-refractivity contribution is 7.86. The molecule has 0 fully saturated rings. The summed E-state index contributed by atoms with van der Waals surface area (Å²) in [5, 5.41) is 0. The second-order valence-electron chi connectivity index (χ2n) is 4.06. The highest BCUT2D eigenvalue weighted by Crippen LogP contribution is 2.12. The average Bonchev–Trinajstić information content (AvgIpc) is 2.34. The van der Waals surface area contributed by atoms with Crippen molar-refractivity contribution in [1.82, 2.24) is 0 Å². The van der Waals surface area contributed by atoms with Gasteiger partial charge in [-0.3, -0.25) is 4.18 Å². The van der Waals surface area contributed by atoms with Crippen LogP contribution >= 0.6 is 0 Å². The van der Waals surface area contributed by atoms with E-state index in [1.165, 1.54) is 0 Å². The summed E-state index contributed by atoms with van der Waals surface area (Å²) in [4.78, 5) is 0. The van der Waals surface area contributed by atoms with Gasteiger partial charge >= 0.3 is 6.18 Å². The quantitative estimate of drug-likeness (QED) is 0.595. The molecular weight excluding hydrogens is 309 g/mol. The standard InChI is InChI=1S/C13H13F3O4S/c1-21(17,18)20-12(7-8-13(14,15)16)10-19-9-11-5-3-2-4-6-11/h2-6,12H,9-10H2,1H3. The van der Waals surface area contributed by atoms with Crippen LogP contribution in [0.15, 0.2) is 30.3 Å². The zero-order valence-corrected chi connectivity index (χ0v) is 11.9. The predicted molar refractivity (Wildman–Crippen MR) is 69.6 cm³/mol. The van der Waals surface area contributed by atoms with Crippen LogP contribution in [0.3, 0.4) is 0 Å². The molecule has 0 aliphatic rings. The van der Waals surface area contributed by atoms with Crippen LogP contribution in [-0.2, 0) is 25.6 Å². The van der Waals surface area contributed by atoms with Gasteiger partial charge in [-0.2, -0.15) is 21.6 Å². The Morgan fingerprint density at radius 3 is 2.38 bits per heavy atom. The minimum Gasteiger partial charge on any atom is -0.373 e. The van der Waals surface area contributed by atoms with Gasteiger partial charge in [0, 0.05) is 5.92 Å². The molecule has 1 atom stereocenters. The molecule has 0 aliphatic carbocycles. The van der Waals surface area contributed by atoms with Gasteiger partial charge in [-0.1, -0.05) is 36.3 Å². The van der Waals surface area contributed by atoms with Crippen molar-refractivity contribution in [1.29, 1.82) is 0 Å². The molecule has 0 saturated carbocycles. The maximum Gasteiger partial charge on any atom is 0.457 e. The second-order valence-corrected chi connectivity index (χ2v) is 5.66. The van der Waals surface area contributed by atoms with Crippen LogP contribution < -0.4 is 0 Å². The molecule has 0 saturated heterocycles. The maximum absolute atomic E-state index is 12.0. The van der Waals surface area contributed by atoms with Crippen molar-refractivity contribution in [3.63, 3.8) is 0 Å². The molecule has 0 radical (unpaired) electrons. The van der Waals surface area contributed by atoms with E-state index in [9.17, 15) is 21.6 Å². The van der Waals surface area contributed by atoms with Crippen LogP contribution in [0.4, 0.5) is 13.2 Å². The van der Waals surface area contributed by atoms with Crippen molar-refractivity contribution in [2.45, 2.75) is 18.9 Å². The fraction of sp³-hybridized carbons (Fsp3) is 0.385. The van der Waals surface area contributed by atoms with Gasteiger partial charge in [0.2, 0.25) is 0 Å². The SMILES string of the molecule is CS(=O)(=O)OC(C#CC(F)(F)F)COCc1ccccc1. The first-order valence-electron chi connectivity index (χ1n) is 5.75. The van der Waals surface area contributed by atoms with Crippen LogP contribution in [0.5, 0.6) is 0 Å². The van der Waals surface area contributed by atoms with Crippen LogP contribution in [0.2, 0.25) is 0 Å². The zero-order chi connectivity index (χ0) is 15.9. The monoisotopic (exact) mass is 322 g/mol. The molecule has 0 heterocycles. The zero-order valence-electron chi connectivity index (χ0n) is 11.1. The van der Waals surface area contributed by atoms with Crippen molar-refractivity contribution in [3.8, 4) is 11.8 Å². The predicted octanol–water partition coefficient (Wildman–Crippen LogP) is 2.11. The van der Waals surface area contributed by atoms with Crippen LogP contribution in [-0.4, -0.2) is 33.6 Å². The lowest BCUT2D eigenvalue weighted by Gasteiger charge is -2.11. The third-order valence-electron chi connectivity index (χ3n) is 2.05. The molecule has 1 rings (SSSR count). The average molecular weight is 322 g/mol. The summed E-state index contributed by atoms with van der Waals surface area (Å²) in [6, 6.07) is 8.86. The summed E-state index contributed by atoms with van der Waals surface area (Å²) in [6.07, 6.45) is -5.50. The van der Waals surface area contributed by atoms with E-state index in [1.54, 1.807) is 36.3 Å². The maximum atomic E-state index is 12.0. The molecule has 8 heteroatoms. The molecule has 1 unspecified atom stereocenters. The Morgan fingerprint density at radius 2 is 1.86 bits per heavy atom. The summed E-state index contributed by atoms with van der Waals surface area (Å²) in [5.41, 5.74) is 0.791. The summed E-state index contributed by atoms with van der Waals surface area (Å²) in [6.45, 7) is -0.288. The first-order chi connectivity index (χ1) is 9.66. The van der Waals surface area contributed by atoms with Crippen LogP contribution in [0.25, 0.3) is 0 Å². The molecule has 0 spiro atoms. The molecule has 0 bridgehead atoms. The van der Waals surface area contributed by atoms with Gasteiger partial charge in [-0.15, -0.1) is 0 Å². The molecule has 4 nitrogen and oxygen atoms in total. The number of hydrogen-bond donors (Lipinski definition) is 0. The van der Waals surface area contributed by atoms with E-state index in [2.05, 4.69) is 4.18 Å².